The Balaban J connectivity index is 2.33. The number of ether oxygens (including phenoxy) is 1. The molecular weight excluding hydrogens is 428 g/mol. The Morgan fingerprint density at radius 1 is 0.657 bits per heavy atom. The molecule has 35 heavy (non-hydrogen) atoms. The third-order valence-corrected chi connectivity index (χ3v) is 7.18. The Labute approximate surface area is 210 Å². The topological polar surface area (TPSA) is 26.3 Å². The van der Waals surface area contributed by atoms with E-state index in [2.05, 4.69) is 97.9 Å². The predicted octanol–water partition coefficient (Wildman–Crippen LogP) is 9.10. The van der Waals surface area contributed by atoms with Crippen LogP contribution in [0.15, 0.2) is 54.6 Å². The first-order valence-electron chi connectivity index (χ1n) is 12.6. The second-order valence-corrected chi connectivity index (χ2v) is 11.8. The van der Waals surface area contributed by atoms with Crippen LogP contribution in [0.5, 0.6) is 0 Å². The molecule has 0 heterocycles. The summed E-state index contributed by atoms with van der Waals surface area (Å²) in [7, 11) is 0. The zero-order valence-corrected chi connectivity index (χ0v) is 22.7. The maximum Gasteiger partial charge on any atom is 0.338 e. The van der Waals surface area contributed by atoms with Crippen LogP contribution in [0.25, 0.3) is 32.3 Å². The fraction of sp³-hybridized carbons (Fsp3) is 0.364. The van der Waals surface area contributed by atoms with Gasteiger partial charge in [-0.25, -0.2) is 4.79 Å². The van der Waals surface area contributed by atoms with Crippen LogP contribution >= 0.6 is 0 Å². The van der Waals surface area contributed by atoms with E-state index in [0.29, 0.717) is 12.2 Å². The van der Waals surface area contributed by atoms with Crippen LogP contribution in [0.4, 0.5) is 0 Å². The average Bonchev–Trinajstić information content (AvgIpc) is 2.77. The maximum atomic E-state index is 12.7. The first-order valence-corrected chi connectivity index (χ1v) is 12.6. The molecule has 0 spiro atoms. The zero-order chi connectivity index (χ0) is 25.7. The number of fused-ring (bicyclic) bond motifs is 7. The van der Waals surface area contributed by atoms with Gasteiger partial charge in [-0.05, 0) is 98.3 Å². The summed E-state index contributed by atoms with van der Waals surface area (Å²) in [6.45, 7) is 20.1. The Morgan fingerprint density at radius 3 is 1.60 bits per heavy atom. The van der Waals surface area contributed by atoms with Crippen molar-refractivity contribution in [2.45, 2.75) is 73.1 Å². The van der Waals surface area contributed by atoms with Gasteiger partial charge in [-0.2, -0.15) is 0 Å². The number of rotatable bonds is 2. The van der Waals surface area contributed by atoms with E-state index in [0.717, 1.165) is 10.8 Å². The van der Waals surface area contributed by atoms with Crippen molar-refractivity contribution in [2.24, 2.45) is 0 Å². The van der Waals surface area contributed by atoms with E-state index in [4.69, 9.17) is 4.74 Å². The molecule has 2 nitrogen and oxygen atoms in total. The van der Waals surface area contributed by atoms with Crippen molar-refractivity contribution < 1.29 is 9.53 Å². The molecule has 0 saturated heterocycles. The smallest absolute Gasteiger partial charge is 0.338 e. The molecule has 4 bridgehead atoms. The van der Waals surface area contributed by atoms with E-state index in [-0.39, 0.29) is 16.8 Å². The highest BCUT2D eigenvalue weighted by Gasteiger charge is 2.19. The second kappa shape index (κ2) is 8.82. The number of hydrogen-bond donors (Lipinski definition) is 0. The van der Waals surface area contributed by atoms with Gasteiger partial charge in [0, 0.05) is 0 Å². The van der Waals surface area contributed by atoms with Crippen molar-refractivity contribution >= 4 is 38.3 Å². The second-order valence-electron chi connectivity index (χ2n) is 11.8. The first kappa shape index (κ1) is 25.0. The molecule has 182 valence electrons. The minimum Gasteiger partial charge on any atom is -0.462 e. The van der Waals surface area contributed by atoms with E-state index in [1.807, 2.05) is 19.1 Å². The molecule has 0 amide bonds. The van der Waals surface area contributed by atoms with Gasteiger partial charge in [0.2, 0.25) is 0 Å². The lowest BCUT2D eigenvalue weighted by Gasteiger charge is -2.22. The molecule has 4 aromatic carbocycles. The first-order chi connectivity index (χ1) is 16.3. The van der Waals surface area contributed by atoms with Gasteiger partial charge >= 0.3 is 5.97 Å². The van der Waals surface area contributed by atoms with Crippen LogP contribution < -0.4 is 0 Å². The highest BCUT2D eigenvalue weighted by atomic mass is 16.5. The summed E-state index contributed by atoms with van der Waals surface area (Å²) in [5.74, 6) is -0.280. The van der Waals surface area contributed by atoms with Crippen LogP contribution in [0.3, 0.4) is 0 Å². The summed E-state index contributed by atoms with van der Waals surface area (Å²) in [5, 5.41) is 7.06. The largest absolute Gasteiger partial charge is 0.462 e. The molecule has 0 aliphatic rings. The minimum atomic E-state index is -0.280. The normalized spacial score (nSPS) is 12.4. The Morgan fingerprint density at radius 2 is 1.14 bits per heavy atom. The highest BCUT2D eigenvalue weighted by Crippen LogP contribution is 2.36. The van der Waals surface area contributed by atoms with Crippen molar-refractivity contribution in [3.8, 4) is 0 Å². The summed E-state index contributed by atoms with van der Waals surface area (Å²) < 4.78 is 5.36. The van der Waals surface area contributed by atoms with E-state index in [9.17, 15) is 4.79 Å². The van der Waals surface area contributed by atoms with E-state index in [1.165, 1.54) is 43.8 Å². The van der Waals surface area contributed by atoms with E-state index >= 15 is 0 Å². The summed E-state index contributed by atoms with van der Waals surface area (Å²) in [6, 6.07) is 19.9. The van der Waals surface area contributed by atoms with Gasteiger partial charge in [0.15, 0.2) is 0 Å². The number of carbonyl (C=O) groups excluding carboxylic acids is 1. The van der Waals surface area contributed by atoms with E-state index in [1.54, 1.807) is 0 Å². The van der Waals surface area contributed by atoms with Gasteiger partial charge in [0.05, 0.1) is 12.2 Å². The van der Waals surface area contributed by atoms with Gasteiger partial charge in [-0.1, -0.05) is 84.0 Å². The van der Waals surface area contributed by atoms with Crippen molar-refractivity contribution in [3.05, 3.63) is 82.4 Å². The molecule has 0 atom stereocenters. The van der Waals surface area contributed by atoms with Crippen LogP contribution in [-0.2, 0) is 15.6 Å². The molecule has 0 N–H and O–H groups in total. The molecular formula is C33H38O2. The Hall–Kier alpha value is -3.13. The lowest BCUT2D eigenvalue weighted by atomic mass is 9.82. The molecule has 0 saturated carbocycles. The lowest BCUT2D eigenvalue weighted by molar-refractivity contribution is 0.0526. The van der Waals surface area contributed by atoms with E-state index < -0.39 is 0 Å². The number of benzene rings is 3. The molecule has 4 aromatic rings. The summed E-state index contributed by atoms with van der Waals surface area (Å²) in [6.07, 6.45) is 0. The summed E-state index contributed by atoms with van der Waals surface area (Å²) in [4.78, 5) is 12.7. The molecule has 0 aromatic heterocycles. The summed E-state index contributed by atoms with van der Waals surface area (Å²) in [5.41, 5.74) is 5.65. The standard InChI is InChI=1S/C33H38O2/c1-10-35-31(34)24-13-14-27-28-18-25(32(4,5)6)15-22(20(28)2)11-12-23-16-26(33(7,8)9)19-29(21(23)3)30(27)17-24/h11-19H,10H2,1-9H3. The Bertz CT molecular complexity index is 1490. The molecule has 0 unspecified atom stereocenters. The molecule has 0 aliphatic carbocycles. The number of carbonyl (C=O) groups is 1. The van der Waals surface area contributed by atoms with Crippen molar-refractivity contribution in [1.29, 1.82) is 0 Å². The molecule has 2 heteroatoms. The quantitative estimate of drug-likeness (QED) is 0.275. The number of aryl methyl sites for hydroxylation is 2. The van der Waals surface area contributed by atoms with Crippen molar-refractivity contribution in [1.82, 2.24) is 0 Å². The van der Waals surface area contributed by atoms with Crippen LogP contribution in [0.2, 0.25) is 0 Å². The van der Waals surface area contributed by atoms with Gasteiger partial charge in [0.1, 0.15) is 0 Å². The number of hydrogen-bond acceptors (Lipinski definition) is 2. The molecule has 4 rings (SSSR count). The van der Waals surface area contributed by atoms with Gasteiger partial charge in [-0.15, -0.1) is 0 Å². The predicted molar refractivity (Wildman–Crippen MR) is 151 cm³/mol. The minimum absolute atomic E-state index is 0.00228. The fourth-order valence-electron chi connectivity index (χ4n) is 4.77. The maximum absolute atomic E-state index is 12.7. The van der Waals surface area contributed by atoms with Gasteiger partial charge in [-0.3, -0.25) is 0 Å². The molecule has 0 aliphatic heterocycles. The highest BCUT2D eigenvalue weighted by molar-refractivity contribution is 6.11. The van der Waals surface area contributed by atoms with Crippen molar-refractivity contribution in [3.63, 3.8) is 0 Å². The van der Waals surface area contributed by atoms with Crippen LogP contribution in [0, 0.1) is 13.8 Å². The zero-order valence-electron chi connectivity index (χ0n) is 22.7. The van der Waals surface area contributed by atoms with Gasteiger partial charge in [0.25, 0.3) is 0 Å². The third kappa shape index (κ3) is 4.72. The van der Waals surface area contributed by atoms with Gasteiger partial charge < -0.3 is 4.74 Å². The summed E-state index contributed by atoms with van der Waals surface area (Å²) >= 11 is 0. The van der Waals surface area contributed by atoms with Crippen molar-refractivity contribution in [2.75, 3.05) is 6.61 Å². The monoisotopic (exact) mass is 466 g/mol. The molecule has 0 fully saturated rings. The Kier molecular flexibility index (Phi) is 6.30. The SMILES string of the molecule is CCOC(=O)c1ccc2c3cc(C(C)(C)C)cc(ccc4cc(C(C)(C)C)cc(c4C)c2c1)c3C. The van der Waals surface area contributed by atoms with Crippen LogP contribution in [-0.4, -0.2) is 12.6 Å². The number of esters is 1. The average molecular weight is 467 g/mol. The fourth-order valence-corrected chi connectivity index (χ4v) is 4.77. The third-order valence-electron chi connectivity index (χ3n) is 7.18. The lowest BCUT2D eigenvalue weighted by Crippen LogP contribution is -2.11. The van der Waals surface area contributed by atoms with Crippen LogP contribution in [0.1, 0.15) is 81.1 Å². The molecule has 0 radical (unpaired) electrons.